The van der Waals surface area contributed by atoms with Gasteiger partial charge < -0.3 is 10.1 Å². The SMILES string of the molecule is COC(=O)[C@@H](NC(=O)c1nc(Cl)n(C)n1)c1ccccc1. The highest BCUT2D eigenvalue weighted by Gasteiger charge is 2.25. The van der Waals surface area contributed by atoms with E-state index in [-0.39, 0.29) is 11.1 Å². The number of rotatable bonds is 4. The van der Waals surface area contributed by atoms with E-state index in [2.05, 4.69) is 15.4 Å². The molecular formula is C13H13ClN4O3. The van der Waals surface area contributed by atoms with Crippen molar-refractivity contribution in [1.29, 1.82) is 0 Å². The number of ether oxygens (including phenoxy) is 1. The van der Waals surface area contributed by atoms with E-state index in [0.29, 0.717) is 5.56 Å². The van der Waals surface area contributed by atoms with E-state index in [1.807, 2.05) is 0 Å². The number of aryl methyl sites for hydroxylation is 1. The summed E-state index contributed by atoms with van der Waals surface area (Å²) in [6.45, 7) is 0. The van der Waals surface area contributed by atoms with Crippen molar-refractivity contribution in [2.45, 2.75) is 6.04 Å². The van der Waals surface area contributed by atoms with Crippen molar-refractivity contribution in [2.75, 3.05) is 7.11 Å². The van der Waals surface area contributed by atoms with Crippen LogP contribution in [0.3, 0.4) is 0 Å². The minimum atomic E-state index is -0.939. The molecule has 8 heteroatoms. The first-order chi connectivity index (χ1) is 10.0. The number of methoxy groups -OCH3 is 1. The molecule has 1 aromatic heterocycles. The summed E-state index contributed by atoms with van der Waals surface area (Å²) in [5.74, 6) is -1.32. The number of carbonyl (C=O) groups is 2. The molecule has 2 rings (SSSR count). The summed E-state index contributed by atoms with van der Waals surface area (Å²) >= 11 is 5.73. The summed E-state index contributed by atoms with van der Waals surface area (Å²) < 4.78 is 5.96. The molecule has 0 fully saturated rings. The number of hydrogen-bond acceptors (Lipinski definition) is 5. The van der Waals surface area contributed by atoms with Crippen LogP contribution >= 0.6 is 11.6 Å². The van der Waals surface area contributed by atoms with Crippen LogP contribution in [0.15, 0.2) is 30.3 Å². The number of hydrogen-bond donors (Lipinski definition) is 1. The van der Waals surface area contributed by atoms with Gasteiger partial charge in [0.1, 0.15) is 0 Å². The maximum absolute atomic E-state index is 12.1. The Morgan fingerprint density at radius 1 is 1.33 bits per heavy atom. The highest BCUT2D eigenvalue weighted by molar-refractivity contribution is 6.28. The highest BCUT2D eigenvalue weighted by Crippen LogP contribution is 2.15. The van der Waals surface area contributed by atoms with E-state index in [9.17, 15) is 9.59 Å². The van der Waals surface area contributed by atoms with Crippen LogP contribution in [-0.4, -0.2) is 33.8 Å². The van der Waals surface area contributed by atoms with Crippen molar-refractivity contribution >= 4 is 23.5 Å². The van der Waals surface area contributed by atoms with Crippen LogP contribution in [0.4, 0.5) is 0 Å². The van der Waals surface area contributed by atoms with Crippen LogP contribution in [-0.2, 0) is 16.6 Å². The predicted molar refractivity (Wildman–Crippen MR) is 74.7 cm³/mol. The Balaban J connectivity index is 2.23. The van der Waals surface area contributed by atoms with E-state index < -0.39 is 17.9 Å². The Morgan fingerprint density at radius 2 is 2.00 bits per heavy atom. The van der Waals surface area contributed by atoms with Crippen molar-refractivity contribution in [1.82, 2.24) is 20.1 Å². The molecule has 7 nitrogen and oxygen atoms in total. The summed E-state index contributed by atoms with van der Waals surface area (Å²) in [6, 6.07) is 7.80. The molecule has 21 heavy (non-hydrogen) atoms. The topological polar surface area (TPSA) is 86.1 Å². The molecule has 0 saturated carbocycles. The predicted octanol–water partition coefficient (Wildman–Crippen LogP) is 1.11. The van der Waals surface area contributed by atoms with Gasteiger partial charge in [-0.25, -0.2) is 9.48 Å². The second-order valence-electron chi connectivity index (χ2n) is 4.17. The molecule has 0 unspecified atom stereocenters. The van der Waals surface area contributed by atoms with E-state index in [1.54, 1.807) is 37.4 Å². The monoisotopic (exact) mass is 308 g/mol. The molecule has 0 radical (unpaired) electrons. The molecule has 1 N–H and O–H groups in total. The number of aromatic nitrogens is 3. The molecule has 1 heterocycles. The van der Waals surface area contributed by atoms with Crippen LogP contribution in [0.5, 0.6) is 0 Å². The van der Waals surface area contributed by atoms with E-state index in [1.165, 1.54) is 11.8 Å². The number of benzene rings is 1. The molecule has 0 bridgehead atoms. The summed E-state index contributed by atoms with van der Waals surface area (Å²) in [7, 11) is 2.81. The number of esters is 1. The minimum Gasteiger partial charge on any atom is -0.467 e. The summed E-state index contributed by atoms with van der Waals surface area (Å²) in [5.41, 5.74) is 0.597. The number of amides is 1. The van der Waals surface area contributed by atoms with Crippen molar-refractivity contribution < 1.29 is 14.3 Å². The molecule has 1 amide bonds. The van der Waals surface area contributed by atoms with Gasteiger partial charge in [0.15, 0.2) is 6.04 Å². The fourth-order valence-electron chi connectivity index (χ4n) is 1.70. The molecule has 0 spiro atoms. The van der Waals surface area contributed by atoms with Crippen molar-refractivity contribution in [3.8, 4) is 0 Å². The summed E-state index contributed by atoms with van der Waals surface area (Å²) in [4.78, 5) is 27.7. The molecule has 1 atom stereocenters. The average molecular weight is 309 g/mol. The molecule has 0 aliphatic heterocycles. The van der Waals surface area contributed by atoms with Gasteiger partial charge in [-0.05, 0) is 17.2 Å². The lowest BCUT2D eigenvalue weighted by molar-refractivity contribution is -0.143. The second kappa shape index (κ2) is 6.36. The maximum Gasteiger partial charge on any atom is 0.333 e. The van der Waals surface area contributed by atoms with Crippen LogP contribution in [0.1, 0.15) is 22.2 Å². The Labute approximate surface area is 125 Å². The number of nitrogens with one attached hydrogen (secondary N) is 1. The first-order valence-electron chi connectivity index (χ1n) is 6.03. The van der Waals surface area contributed by atoms with Gasteiger partial charge in [0.05, 0.1) is 7.11 Å². The summed E-state index contributed by atoms with van der Waals surface area (Å²) in [5, 5.41) is 6.46. The zero-order valence-electron chi connectivity index (χ0n) is 11.4. The highest BCUT2D eigenvalue weighted by atomic mass is 35.5. The first-order valence-corrected chi connectivity index (χ1v) is 6.41. The standard InChI is InChI=1S/C13H13ClN4O3/c1-18-13(14)16-10(17-18)11(19)15-9(12(20)21-2)8-6-4-3-5-7-8/h3-7,9H,1-2H3,(H,15,19)/t9-/m0/s1. The Hall–Kier alpha value is -2.41. The third kappa shape index (κ3) is 3.38. The average Bonchev–Trinajstić information content (AvgIpc) is 2.84. The molecule has 2 aromatic rings. The number of nitrogens with zero attached hydrogens (tertiary/aromatic N) is 3. The van der Waals surface area contributed by atoms with Crippen LogP contribution < -0.4 is 5.32 Å². The largest absolute Gasteiger partial charge is 0.467 e. The van der Waals surface area contributed by atoms with Gasteiger partial charge in [-0.1, -0.05) is 30.3 Å². The van der Waals surface area contributed by atoms with E-state index >= 15 is 0 Å². The third-order valence-corrected chi connectivity index (χ3v) is 3.09. The number of halogens is 1. The third-order valence-electron chi connectivity index (χ3n) is 2.76. The maximum atomic E-state index is 12.1. The normalized spacial score (nSPS) is 11.8. The molecule has 110 valence electrons. The Kier molecular flexibility index (Phi) is 4.54. The lowest BCUT2D eigenvalue weighted by Crippen LogP contribution is -2.35. The van der Waals surface area contributed by atoms with Gasteiger partial charge in [-0.3, -0.25) is 4.79 Å². The summed E-state index contributed by atoms with van der Waals surface area (Å²) in [6.07, 6.45) is 0. The minimum absolute atomic E-state index is 0.0782. The molecular weight excluding hydrogens is 296 g/mol. The fourth-order valence-corrected chi connectivity index (χ4v) is 1.82. The zero-order chi connectivity index (χ0) is 15.4. The van der Waals surface area contributed by atoms with Gasteiger partial charge in [0, 0.05) is 7.05 Å². The van der Waals surface area contributed by atoms with E-state index in [0.717, 1.165) is 0 Å². The van der Waals surface area contributed by atoms with E-state index in [4.69, 9.17) is 16.3 Å². The van der Waals surface area contributed by atoms with Gasteiger partial charge in [-0.15, -0.1) is 5.10 Å². The molecule has 1 aromatic carbocycles. The van der Waals surface area contributed by atoms with Crippen molar-refractivity contribution in [3.05, 3.63) is 47.0 Å². The van der Waals surface area contributed by atoms with Gasteiger partial charge in [0.2, 0.25) is 11.1 Å². The van der Waals surface area contributed by atoms with Crippen LogP contribution in [0.2, 0.25) is 5.28 Å². The van der Waals surface area contributed by atoms with Gasteiger partial charge in [-0.2, -0.15) is 4.98 Å². The van der Waals surface area contributed by atoms with Crippen molar-refractivity contribution in [3.63, 3.8) is 0 Å². The first kappa shape index (κ1) is 15.0. The molecule has 0 aliphatic carbocycles. The Bertz CT molecular complexity index is 637. The van der Waals surface area contributed by atoms with Crippen LogP contribution in [0.25, 0.3) is 0 Å². The quantitative estimate of drug-likeness (QED) is 0.855. The van der Waals surface area contributed by atoms with Crippen molar-refractivity contribution in [2.24, 2.45) is 7.05 Å². The number of carbonyl (C=O) groups excluding carboxylic acids is 2. The molecule has 0 saturated heterocycles. The van der Waals surface area contributed by atoms with Gasteiger partial charge in [0.25, 0.3) is 5.91 Å². The molecule has 0 aliphatic rings. The smallest absolute Gasteiger partial charge is 0.333 e. The lowest BCUT2D eigenvalue weighted by Gasteiger charge is -2.15. The zero-order valence-corrected chi connectivity index (χ0v) is 12.2. The lowest BCUT2D eigenvalue weighted by atomic mass is 10.1. The fraction of sp³-hybridized carbons (Fsp3) is 0.231. The second-order valence-corrected chi connectivity index (χ2v) is 4.51. The Morgan fingerprint density at radius 3 is 2.52 bits per heavy atom. The van der Waals surface area contributed by atoms with Gasteiger partial charge >= 0.3 is 5.97 Å². The van der Waals surface area contributed by atoms with Crippen LogP contribution in [0, 0.1) is 0 Å².